The van der Waals surface area contributed by atoms with Crippen LogP contribution < -0.4 is 0 Å². The molecular weight excluding hydrogens is 180 g/mol. The third kappa shape index (κ3) is 1.20. The quantitative estimate of drug-likeness (QED) is 0.638. The highest BCUT2D eigenvalue weighted by Gasteiger charge is 2.69. The van der Waals surface area contributed by atoms with E-state index in [1.807, 2.05) is 0 Å². The van der Waals surface area contributed by atoms with Gasteiger partial charge in [0.25, 0.3) is 0 Å². The molecule has 0 bridgehead atoms. The van der Waals surface area contributed by atoms with E-state index in [0.29, 0.717) is 5.41 Å². The van der Waals surface area contributed by atoms with Crippen LogP contribution in [0.3, 0.4) is 0 Å². The molecule has 0 aromatic rings. The van der Waals surface area contributed by atoms with Crippen molar-refractivity contribution in [3.05, 3.63) is 0 Å². The molecule has 0 aromatic heterocycles. The minimum Gasteiger partial charge on any atom is -0.0654 e. The molecule has 0 heterocycles. The van der Waals surface area contributed by atoms with Crippen LogP contribution in [-0.4, -0.2) is 0 Å². The van der Waals surface area contributed by atoms with Gasteiger partial charge in [-0.3, -0.25) is 0 Å². The van der Waals surface area contributed by atoms with Crippen LogP contribution in [0.4, 0.5) is 0 Å². The highest BCUT2D eigenvalue weighted by Crippen LogP contribution is 2.77. The van der Waals surface area contributed by atoms with E-state index >= 15 is 0 Å². The molecule has 0 amide bonds. The summed E-state index contributed by atoms with van der Waals surface area (Å²) in [4.78, 5) is 0. The summed E-state index contributed by atoms with van der Waals surface area (Å²) >= 11 is 0. The molecule has 0 nitrogen and oxygen atoms in total. The van der Waals surface area contributed by atoms with Crippen molar-refractivity contribution in [2.45, 2.75) is 59.8 Å². The predicted octanol–water partition coefficient (Wildman–Crippen LogP) is 4.49. The zero-order chi connectivity index (χ0) is 10.8. The maximum atomic E-state index is 2.56. The Morgan fingerprint density at radius 2 is 1.87 bits per heavy atom. The van der Waals surface area contributed by atoms with Crippen molar-refractivity contribution in [2.24, 2.45) is 34.5 Å². The van der Waals surface area contributed by atoms with Gasteiger partial charge < -0.3 is 0 Å². The maximum Gasteiger partial charge on any atom is -0.0240 e. The van der Waals surface area contributed by atoms with Gasteiger partial charge in [0.1, 0.15) is 0 Å². The van der Waals surface area contributed by atoms with Gasteiger partial charge in [-0.1, -0.05) is 40.5 Å². The van der Waals surface area contributed by atoms with E-state index in [1.54, 1.807) is 12.8 Å². The second kappa shape index (κ2) is 2.81. The van der Waals surface area contributed by atoms with Crippen LogP contribution in [0.15, 0.2) is 0 Å². The highest BCUT2D eigenvalue weighted by molar-refractivity contribution is 5.18. The van der Waals surface area contributed by atoms with E-state index in [0.717, 1.165) is 29.1 Å². The van der Waals surface area contributed by atoms with Gasteiger partial charge in [-0.2, -0.15) is 0 Å². The Labute approximate surface area is 94.8 Å². The van der Waals surface area contributed by atoms with Crippen LogP contribution >= 0.6 is 0 Å². The molecule has 86 valence electrons. The van der Waals surface area contributed by atoms with Gasteiger partial charge in [0, 0.05) is 0 Å². The Bertz CT molecular complexity index is 278. The molecule has 0 radical (unpaired) electrons. The largest absolute Gasteiger partial charge is 0.0654 e. The molecule has 0 spiro atoms. The van der Waals surface area contributed by atoms with Gasteiger partial charge in [-0.05, 0) is 53.8 Å². The molecule has 0 N–H and O–H groups in total. The van der Waals surface area contributed by atoms with Crippen molar-refractivity contribution in [1.82, 2.24) is 0 Å². The monoisotopic (exact) mass is 206 g/mol. The molecule has 3 aliphatic carbocycles. The first-order chi connectivity index (χ1) is 7.00. The number of rotatable bonds is 3. The van der Waals surface area contributed by atoms with Crippen molar-refractivity contribution in [3.63, 3.8) is 0 Å². The van der Waals surface area contributed by atoms with Gasteiger partial charge in [0.15, 0.2) is 0 Å². The van der Waals surface area contributed by atoms with Crippen LogP contribution in [0.2, 0.25) is 0 Å². The molecule has 15 heavy (non-hydrogen) atoms. The maximum absolute atomic E-state index is 2.56. The summed E-state index contributed by atoms with van der Waals surface area (Å²) in [5.41, 5.74) is 1.38. The third-order valence-corrected chi connectivity index (χ3v) is 6.50. The molecule has 0 heteroatoms. The van der Waals surface area contributed by atoms with Crippen LogP contribution in [-0.2, 0) is 0 Å². The average molecular weight is 206 g/mol. The fourth-order valence-corrected chi connectivity index (χ4v) is 4.79. The van der Waals surface area contributed by atoms with E-state index in [9.17, 15) is 0 Å². The molecule has 3 rings (SSSR count). The van der Waals surface area contributed by atoms with Crippen molar-refractivity contribution in [3.8, 4) is 0 Å². The van der Waals surface area contributed by atoms with Crippen molar-refractivity contribution in [1.29, 1.82) is 0 Å². The second-order valence-electron chi connectivity index (χ2n) is 7.33. The lowest BCUT2D eigenvalue weighted by molar-refractivity contribution is 0.126. The first-order valence-electron chi connectivity index (χ1n) is 7.00. The number of hydrogen-bond donors (Lipinski definition) is 0. The fourth-order valence-electron chi connectivity index (χ4n) is 4.79. The zero-order valence-corrected chi connectivity index (χ0v) is 10.8. The molecule has 3 saturated carbocycles. The SMILES string of the molecule is CCCC1CC1C1CC2CC2(C)C1(C)C. The normalized spacial score (nSPS) is 55.2. The lowest BCUT2D eigenvalue weighted by atomic mass is 9.69. The van der Waals surface area contributed by atoms with E-state index < -0.39 is 0 Å². The van der Waals surface area contributed by atoms with Crippen LogP contribution in [0.5, 0.6) is 0 Å². The van der Waals surface area contributed by atoms with Gasteiger partial charge in [0.05, 0.1) is 0 Å². The molecule has 5 unspecified atom stereocenters. The number of fused-ring (bicyclic) bond motifs is 1. The van der Waals surface area contributed by atoms with Crippen molar-refractivity contribution in [2.75, 3.05) is 0 Å². The third-order valence-electron chi connectivity index (χ3n) is 6.50. The van der Waals surface area contributed by atoms with E-state index in [4.69, 9.17) is 0 Å². The van der Waals surface area contributed by atoms with E-state index in [1.165, 1.54) is 19.3 Å². The Hall–Kier alpha value is 0. The lowest BCUT2D eigenvalue weighted by Gasteiger charge is -2.36. The van der Waals surface area contributed by atoms with Gasteiger partial charge in [-0.15, -0.1) is 0 Å². The summed E-state index contributed by atoms with van der Waals surface area (Å²) < 4.78 is 0. The van der Waals surface area contributed by atoms with Gasteiger partial charge in [0.2, 0.25) is 0 Å². The summed E-state index contributed by atoms with van der Waals surface area (Å²) in [5.74, 6) is 4.39. The minimum atomic E-state index is 0.644. The van der Waals surface area contributed by atoms with Crippen LogP contribution in [0.25, 0.3) is 0 Å². The van der Waals surface area contributed by atoms with Crippen LogP contribution in [0, 0.1) is 34.5 Å². The van der Waals surface area contributed by atoms with Gasteiger partial charge >= 0.3 is 0 Å². The predicted molar refractivity (Wildman–Crippen MR) is 64.6 cm³/mol. The highest BCUT2D eigenvalue weighted by atomic mass is 14.7. The lowest BCUT2D eigenvalue weighted by Crippen LogP contribution is -2.29. The molecule has 0 aliphatic heterocycles. The summed E-state index contributed by atoms with van der Waals surface area (Å²) in [6.07, 6.45) is 7.55. The summed E-state index contributed by atoms with van der Waals surface area (Å²) in [6, 6.07) is 0. The molecule has 3 fully saturated rings. The van der Waals surface area contributed by atoms with Crippen LogP contribution in [0.1, 0.15) is 59.8 Å². The minimum absolute atomic E-state index is 0.644. The first kappa shape index (κ1) is 10.2. The Balaban J connectivity index is 1.70. The summed E-state index contributed by atoms with van der Waals surface area (Å²) in [5, 5.41) is 0. The summed E-state index contributed by atoms with van der Waals surface area (Å²) in [6.45, 7) is 10.0. The smallest absolute Gasteiger partial charge is 0.0240 e. The Morgan fingerprint density at radius 3 is 2.40 bits per heavy atom. The molecule has 3 aliphatic rings. The average Bonchev–Trinajstić information content (AvgIpc) is 2.99. The van der Waals surface area contributed by atoms with E-state index in [2.05, 4.69) is 27.7 Å². The molecule has 0 saturated heterocycles. The second-order valence-corrected chi connectivity index (χ2v) is 7.33. The van der Waals surface area contributed by atoms with Crippen molar-refractivity contribution < 1.29 is 0 Å². The molecule has 5 atom stereocenters. The summed E-state index contributed by atoms with van der Waals surface area (Å²) in [7, 11) is 0. The van der Waals surface area contributed by atoms with E-state index in [-0.39, 0.29) is 0 Å². The Kier molecular flexibility index (Phi) is 1.91. The number of hydrogen-bond acceptors (Lipinski definition) is 0. The zero-order valence-electron chi connectivity index (χ0n) is 10.8. The molecular formula is C15H26. The van der Waals surface area contributed by atoms with Crippen molar-refractivity contribution >= 4 is 0 Å². The molecule has 0 aromatic carbocycles. The fraction of sp³-hybridized carbons (Fsp3) is 1.00. The topological polar surface area (TPSA) is 0 Å². The standard InChI is InChI=1S/C15H26/c1-5-6-10-7-12(10)13-8-11-9-15(11,4)14(13,2)3/h10-13H,5-9H2,1-4H3. The first-order valence-corrected chi connectivity index (χ1v) is 7.00. The Morgan fingerprint density at radius 1 is 1.13 bits per heavy atom. The van der Waals surface area contributed by atoms with Gasteiger partial charge in [-0.25, -0.2) is 0 Å².